The fraction of sp³-hybridized carbons (Fsp3) is 1.00. The van der Waals surface area contributed by atoms with Crippen molar-refractivity contribution in [1.82, 2.24) is 10.2 Å². The molecule has 0 amide bonds. The third kappa shape index (κ3) is 2.89. The van der Waals surface area contributed by atoms with E-state index in [9.17, 15) is 0 Å². The van der Waals surface area contributed by atoms with E-state index < -0.39 is 0 Å². The summed E-state index contributed by atoms with van der Waals surface area (Å²) in [4.78, 5) is 2.64. The van der Waals surface area contributed by atoms with Gasteiger partial charge in [-0.2, -0.15) is 0 Å². The fourth-order valence-corrected chi connectivity index (χ4v) is 4.05. The summed E-state index contributed by atoms with van der Waals surface area (Å²) >= 11 is 0. The van der Waals surface area contributed by atoms with Gasteiger partial charge in [-0.05, 0) is 52.0 Å². The molecule has 0 saturated carbocycles. The monoisotopic (exact) mass is 252 g/mol. The molecule has 0 aromatic carbocycles. The lowest BCUT2D eigenvalue weighted by atomic mass is 9.82. The first-order chi connectivity index (χ1) is 8.83. The van der Waals surface area contributed by atoms with Crippen molar-refractivity contribution in [2.24, 2.45) is 0 Å². The van der Waals surface area contributed by atoms with E-state index in [0.717, 1.165) is 31.3 Å². The lowest BCUT2D eigenvalue weighted by Crippen LogP contribution is -2.55. The molecular formula is C15H28N2O. The lowest BCUT2D eigenvalue weighted by Gasteiger charge is -2.47. The zero-order valence-electron chi connectivity index (χ0n) is 11.7. The van der Waals surface area contributed by atoms with Crippen molar-refractivity contribution in [3.63, 3.8) is 0 Å². The molecule has 0 aromatic heterocycles. The maximum Gasteiger partial charge on any atom is 0.0699 e. The molecule has 3 aliphatic heterocycles. The second-order valence-corrected chi connectivity index (χ2v) is 6.47. The minimum atomic E-state index is 0.484. The van der Waals surface area contributed by atoms with Crippen LogP contribution in [0, 0.1) is 0 Å². The number of fused-ring (bicyclic) bond motifs is 2. The third-order valence-corrected chi connectivity index (χ3v) is 5.25. The molecular weight excluding hydrogens is 224 g/mol. The van der Waals surface area contributed by atoms with Gasteiger partial charge in [-0.25, -0.2) is 0 Å². The molecule has 0 aliphatic carbocycles. The Morgan fingerprint density at radius 1 is 1.06 bits per heavy atom. The second kappa shape index (κ2) is 5.89. The Hall–Kier alpha value is -0.120. The zero-order chi connectivity index (χ0) is 12.4. The summed E-state index contributed by atoms with van der Waals surface area (Å²) in [5.41, 5.74) is 0. The van der Waals surface area contributed by atoms with E-state index in [1.165, 1.54) is 51.4 Å². The van der Waals surface area contributed by atoms with Gasteiger partial charge in [0, 0.05) is 31.3 Å². The molecule has 3 unspecified atom stereocenters. The molecule has 2 bridgehead atoms. The average Bonchev–Trinajstić information content (AvgIpc) is 2.38. The van der Waals surface area contributed by atoms with Crippen LogP contribution in [0.1, 0.15) is 51.4 Å². The van der Waals surface area contributed by atoms with Crippen LogP contribution in [0.3, 0.4) is 0 Å². The summed E-state index contributed by atoms with van der Waals surface area (Å²) in [7, 11) is 2.33. The first-order valence-corrected chi connectivity index (χ1v) is 7.90. The van der Waals surface area contributed by atoms with E-state index in [4.69, 9.17) is 4.74 Å². The smallest absolute Gasteiger partial charge is 0.0699 e. The summed E-state index contributed by atoms with van der Waals surface area (Å²) in [6, 6.07) is 2.41. The minimum absolute atomic E-state index is 0.484. The average molecular weight is 252 g/mol. The summed E-state index contributed by atoms with van der Waals surface area (Å²) in [5, 5.41) is 3.79. The number of hydrogen-bond acceptors (Lipinski definition) is 3. The highest BCUT2D eigenvalue weighted by Gasteiger charge is 2.35. The second-order valence-electron chi connectivity index (χ2n) is 6.47. The van der Waals surface area contributed by atoms with Crippen molar-refractivity contribution >= 4 is 0 Å². The van der Waals surface area contributed by atoms with Crippen LogP contribution in [0.2, 0.25) is 0 Å². The predicted octanol–water partition coefficient (Wildman–Crippen LogP) is 2.16. The summed E-state index contributed by atoms with van der Waals surface area (Å²) < 4.78 is 5.81. The number of piperidine rings is 2. The van der Waals surface area contributed by atoms with Gasteiger partial charge in [0.15, 0.2) is 0 Å². The molecule has 0 spiro atoms. The Balaban J connectivity index is 1.46. The molecule has 3 heterocycles. The highest BCUT2D eigenvalue weighted by Crippen LogP contribution is 2.32. The predicted molar refractivity (Wildman–Crippen MR) is 73.8 cm³/mol. The highest BCUT2D eigenvalue weighted by molar-refractivity contribution is 4.93. The van der Waals surface area contributed by atoms with Crippen molar-refractivity contribution in [3.8, 4) is 0 Å². The topological polar surface area (TPSA) is 24.5 Å². The van der Waals surface area contributed by atoms with Crippen molar-refractivity contribution in [2.45, 2.75) is 75.6 Å². The Kier molecular flexibility index (Phi) is 4.22. The maximum atomic E-state index is 5.81. The first-order valence-electron chi connectivity index (χ1n) is 7.90. The molecule has 3 rings (SSSR count). The van der Waals surface area contributed by atoms with Crippen LogP contribution in [-0.4, -0.2) is 49.3 Å². The van der Waals surface area contributed by atoms with Gasteiger partial charge in [0.05, 0.1) is 6.10 Å². The molecule has 3 atom stereocenters. The SMILES string of the molecule is CN1C2CCCC1CC(NCC1CCCCO1)C2. The summed E-state index contributed by atoms with van der Waals surface area (Å²) in [6.45, 7) is 2.05. The van der Waals surface area contributed by atoms with Crippen LogP contribution in [0.4, 0.5) is 0 Å². The quantitative estimate of drug-likeness (QED) is 0.833. The van der Waals surface area contributed by atoms with Gasteiger partial charge < -0.3 is 15.0 Å². The van der Waals surface area contributed by atoms with Gasteiger partial charge in [-0.1, -0.05) is 6.42 Å². The fourth-order valence-electron chi connectivity index (χ4n) is 4.05. The maximum absolute atomic E-state index is 5.81. The van der Waals surface area contributed by atoms with Gasteiger partial charge in [-0.15, -0.1) is 0 Å². The molecule has 3 aliphatic rings. The van der Waals surface area contributed by atoms with Gasteiger partial charge in [0.25, 0.3) is 0 Å². The van der Waals surface area contributed by atoms with Gasteiger partial charge in [-0.3, -0.25) is 0 Å². The molecule has 104 valence electrons. The Labute approximate surface area is 111 Å². The standard InChI is InChI=1S/C15H28N2O/c1-17-13-5-4-6-14(17)10-12(9-13)16-11-15-7-2-3-8-18-15/h12-16H,2-11H2,1H3. The molecule has 3 heteroatoms. The molecule has 0 radical (unpaired) electrons. The number of rotatable bonds is 3. The Morgan fingerprint density at radius 2 is 1.83 bits per heavy atom. The summed E-state index contributed by atoms with van der Waals surface area (Å²) in [6.07, 6.45) is 11.3. The first kappa shape index (κ1) is 12.9. The Morgan fingerprint density at radius 3 is 2.50 bits per heavy atom. The molecule has 3 saturated heterocycles. The lowest BCUT2D eigenvalue weighted by molar-refractivity contribution is 0.00680. The number of nitrogens with zero attached hydrogens (tertiary/aromatic N) is 1. The number of ether oxygens (including phenoxy) is 1. The number of nitrogens with one attached hydrogen (secondary N) is 1. The van der Waals surface area contributed by atoms with E-state index in [2.05, 4.69) is 17.3 Å². The van der Waals surface area contributed by atoms with E-state index in [1.54, 1.807) is 0 Å². The van der Waals surface area contributed by atoms with Gasteiger partial charge in [0.1, 0.15) is 0 Å². The molecule has 18 heavy (non-hydrogen) atoms. The third-order valence-electron chi connectivity index (χ3n) is 5.25. The van der Waals surface area contributed by atoms with Crippen LogP contribution in [0.25, 0.3) is 0 Å². The summed E-state index contributed by atoms with van der Waals surface area (Å²) in [5.74, 6) is 0. The molecule has 3 fully saturated rings. The largest absolute Gasteiger partial charge is 0.377 e. The van der Waals surface area contributed by atoms with E-state index in [-0.39, 0.29) is 0 Å². The normalized spacial score (nSPS) is 41.8. The number of hydrogen-bond donors (Lipinski definition) is 1. The van der Waals surface area contributed by atoms with Gasteiger partial charge in [0.2, 0.25) is 0 Å². The van der Waals surface area contributed by atoms with Crippen LogP contribution in [-0.2, 0) is 4.74 Å². The highest BCUT2D eigenvalue weighted by atomic mass is 16.5. The van der Waals surface area contributed by atoms with Crippen molar-refractivity contribution in [3.05, 3.63) is 0 Å². The Bertz CT molecular complexity index is 251. The van der Waals surface area contributed by atoms with Crippen molar-refractivity contribution in [1.29, 1.82) is 0 Å². The van der Waals surface area contributed by atoms with E-state index in [1.807, 2.05) is 0 Å². The van der Waals surface area contributed by atoms with Crippen LogP contribution < -0.4 is 5.32 Å². The minimum Gasteiger partial charge on any atom is -0.377 e. The van der Waals surface area contributed by atoms with Crippen molar-refractivity contribution < 1.29 is 4.74 Å². The zero-order valence-corrected chi connectivity index (χ0v) is 11.7. The van der Waals surface area contributed by atoms with Crippen LogP contribution in [0.5, 0.6) is 0 Å². The van der Waals surface area contributed by atoms with Crippen molar-refractivity contribution in [2.75, 3.05) is 20.2 Å². The van der Waals surface area contributed by atoms with E-state index in [0.29, 0.717) is 6.10 Å². The van der Waals surface area contributed by atoms with E-state index >= 15 is 0 Å². The molecule has 1 N–H and O–H groups in total. The van der Waals surface area contributed by atoms with Crippen LogP contribution in [0.15, 0.2) is 0 Å². The molecule has 0 aromatic rings. The van der Waals surface area contributed by atoms with Crippen LogP contribution >= 0.6 is 0 Å². The van der Waals surface area contributed by atoms with Gasteiger partial charge >= 0.3 is 0 Å². The molecule has 3 nitrogen and oxygen atoms in total.